The van der Waals surface area contributed by atoms with Crippen LogP contribution < -0.4 is 10.1 Å². The first-order chi connectivity index (χ1) is 9.06. The van der Waals surface area contributed by atoms with Gasteiger partial charge in [-0.3, -0.25) is 10.1 Å². The van der Waals surface area contributed by atoms with Crippen molar-refractivity contribution in [3.05, 3.63) is 28.3 Å². The number of nitrogens with zero attached hydrogens (tertiary/aromatic N) is 1. The summed E-state index contributed by atoms with van der Waals surface area (Å²) in [5, 5.41) is 13.9. The highest BCUT2D eigenvalue weighted by molar-refractivity contribution is 5.56. The maximum atomic E-state index is 10.9. The zero-order valence-corrected chi connectivity index (χ0v) is 11.8. The summed E-state index contributed by atoms with van der Waals surface area (Å²) < 4.78 is 5.65. The molecule has 0 aliphatic rings. The molecule has 1 atom stereocenters. The Balaban J connectivity index is 2.78. The van der Waals surface area contributed by atoms with Gasteiger partial charge in [0, 0.05) is 24.4 Å². The average molecular weight is 266 g/mol. The number of benzene rings is 1. The molecular weight excluding hydrogens is 244 g/mol. The topological polar surface area (TPSA) is 64.4 Å². The lowest BCUT2D eigenvalue weighted by molar-refractivity contribution is -0.384. The third kappa shape index (κ3) is 5.16. The van der Waals surface area contributed by atoms with Crippen LogP contribution in [0.15, 0.2) is 18.2 Å². The second-order valence-corrected chi connectivity index (χ2v) is 4.71. The van der Waals surface area contributed by atoms with Gasteiger partial charge < -0.3 is 10.1 Å². The van der Waals surface area contributed by atoms with Gasteiger partial charge in [0.2, 0.25) is 0 Å². The van der Waals surface area contributed by atoms with Crippen molar-refractivity contribution in [2.75, 3.05) is 18.5 Å². The molecule has 0 amide bonds. The van der Waals surface area contributed by atoms with E-state index in [1.165, 1.54) is 12.1 Å². The fourth-order valence-corrected chi connectivity index (χ4v) is 1.89. The van der Waals surface area contributed by atoms with E-state index < -0.39 is 4.92 Å². The van der Waals surface area contributed by atoms with Crippen molar-refractivity contribution in [1.29, 1.82) is 0 Å². The fourth-order valence-electron chi connectivity index (χ4n) is 1.89. The predicted molar refractivity (Wildman–Crippen MR) is 76.8 cm³/mol. The Morgan fingerprint density at radius 2 is 2.11 bits per heavy atom. The maximum absolute atomic E-state index is 10.9. The molecule has 1 rings (SSSR count). The van der Waals surface area contributed by atoms with E-state index >= 15 is 0 Å². The van der Waals surface area contributed by atoms with Crippen LogP contribution in [0.3, 0.4) is 0 Å². The first kappa shape index (κ1) is 15.3. The minimum atomic E-state index is -0.400. The molecule has 0 saturated carbocycles. The van der Waals surface area contributed by atoms with Crippen molar-refractivity contribution < 1.29 is 9.66 Å². The minimum Gasteiger partial charge on any atom is -0.493 e. The SMILES string of the molecule is CCCC(C)COc1cc(NCC)cc([N+](=O)[O-])c1. The van der Waals surface area contributed by atoms with E-state index in [0.29, 0.717) is 24.8 Å². The summed E-state index contributed by atoms with van der Waals surface area (Å²) in [5.41, 5.74) is 0.770. The Hall–Kier alpha value is -1.78. The van der Waals surface area contributed by atoms with Crippen LogP contribution in [-0.4, -0.2) is 18.1 Å². The monoisotopic (exact) mass is 266 g/mol. The Labute approximate surface area is 114 Å². The van der Waals surface area contributed by atoms with Gasteiger partial charge in [0.25, 0.3) is 5.69 Å². The number of ether oxygens (including phenoxy) is 1. The van der Waals surface area contributed by atoms with Crippen LogP contribution >= 0.6 is 0 Å². The van der Waals surface area contributed by atoms with Crippen LogP contribution in [0.5, 0.6) is 5.75 Å². The van der Waals surface area contributed by atoms with E-state index in [1.54, 1.807) is 6.07 Å². The molecule has 1 unspecified atom stereocenters. The van der Waals surface area contributed by atoms with Crippen LogP contribution in [-0.2, 0) is 0 Å². The quantitative estimate of drug-likeness (QED) is 0.573. The van der Waals surface area contributed by atoms with Gasteiger partial charge in [-0.15, -0.1) is 0 Å². The molecule has 5 nitrogen and oxygen atoms in total. The summed E-state index contributed by atoms with van der Waals surface area (Å²) in [5.74, 6) is 1.000. The maximum Gasteiger partial charge on any atom is 0.275 e. The first-order valence-corrected chi connectivity index (χ1v) is 6.73. The number of nitro benzene ring substituents is 1. The van der Waals surface area contributed by atoms with E-state index in [4.69, 9.17) is 4.74 Å². The van der Waals surface area contributed by atoms with Gasteiger partial charge >= 0.3 is 0 Å². The average Bonchev–Trinajstić information content (AvgIpc) is 2.37. The molecule has 0 aliphatic heterocycles. The molecule has 0 radical (unpaired) electrons. The number of nitro groups is 1. The summed E-state index contributed by atoms with van der Waals surface area (Å²) in [6.07, 6.45) is 2.21. The van der Waals surface area contributed by atoms with Crippen molar-refractivity contribution in [3.63, 3.8) is 0 Å². The highest BCUT2D eigenvalue weighted by atomic mass is 16.6. The van der Waals surface area contributed by atoms with E-state index in [9.17, 15) is 10.1 Å². The largest absolute Gasteiger partial charge is 0.493 e. The summed E-state index contributed by atoms with van der Waals surface area (Å²) in [7, 11) is 0. The number of hydrogen-bond donors (Lipinski definition) is 1. The zero-order chi connectivity index (χ0) is 14.3. The lowest BCUT2D eigenvalue weighted by Gasteiger charge is -2.13. The summed E-state index contributed by atoms with van der Waals surface area (Å²) >= 11 is 0. The van der Waals surface area contributed by atoms with Crippen molar-refractivity contribution in [2.45, 2.75) is 33.6 Å². The van der Waals surface area contributed by atoms with Crippen LogP contribution in [0.1, 0.15) is 33.6 Å². The Morgan fingerprint density at radius 1 is 1.37 bits per heavy atom. The third-order valence-electron chi connectivity index (χ3n) is 2.80. The van der Waals surface area contributed by atoms with Gasteiger partial charge in [-0.1, -0.05) is 20.3 Å². The predicted octanol–water partition coefficient (Wildman–Crippen LogP) is 3.84. The number of nitrogens with one attached hydrogen (secondary N) is 1. The van der Waals surface area contributed by atoms with E-state index in [-0.39, 0.29) is 5.69 Å². The number of hydrogen-bond acceptors (Lipinski definition) is 4. The van der Waals surface area contributed by atoms with E-state index in [0.717, 1.165) is 18.5 Å². The minimum absolute atomic E-state index is 0.0524. The first-order valence-electron chi connectivity index (χ1n) is 6.73. The Morgan fingerprint density at radius 3 is 2.68 bits per heavy atom. The van der Waals surface area contributed by atoms with Crippen LogP contribution in [0, 0.1) is 16.0 Å². The fraction of sp³-hybridized carbons (Fsp3) is 0.571. The summed E-state index contributed by atoms with van der Waals surface area (Å²) in [6, 6.07) is 4.79. The van der Waals surface area contributed by atoms with Crippen LogP contribution in [0.4, 0.5) is 11.4 Å². The molecule has 19 heavy (non-hydrogen) atoms. The van der Waals surface area contributed by atoms with Gasteiger partial charge in [-0.05, 0) is 19.3 Å². The van der Waals surface area contributed by atoms with Crippen molar-refractivity contribution in [2.24, 2.45) is 5.92 Å². The van der Waals surface area contributed by atoms with Crippen molar-refractivity contribution in [3.8, 4) is 5.75 Å². The van der Waals surface area contributed by atoms with Crippen molar-refractivity contribution in [1.82, 2.24) is 0 Å². The molecule has 1 aromatic rings. The van der Waals surface area contributed by atoms with E-state index in [1.807, 2.05) is 6.92 Å². The van der Waals surface area contributed by atoms with Crippen molar-refractivity contribution >= 4 is 11.4 Å². The van der Waals surface area contributed by atoms with Gasteiger partial charge in [-0.2, -0.15) is 0 Å². The Kier molecular flexibility index (Phi) is 6.12. The summed E-state index contributed by atoms with van der Waals surface area (Å²) in [4.78, 5) is 10.5. The standard InChI is InChI=1S/C14H22N2O3/c1-4-6-11(3)10-19-14-8-12(15-5-2)7-13(9-14)16(17)18/h7-9,11,15H,4-6,10H2,1-3H3. The molecule has 0 aromatic heterocycles. The zero-order valence-electron chi connectivity index (χ0n) is 11.8. The molecule has 0 fully saturated rings. The normalized spacial score (nSPS) is 11.9. The lowest BCUT2D eigenvalue weighted by atomic mass is 10.1. The van der Waals surface area contributed by atoms with Crippen LogP contribution in [0.25, 0.3) is 0 Å². The second kappa shape index (κ2) is 7.61. The summed E-state index contributed by atoms with van der Waals surface area (Å²) in [6.45, 7) is 7.50. The van der Waals surface area contributed by atoms with Gasteiger partial charge in [0.1, 0.15) is 5.75 Å². The highest BCUT2D eigenvalue weighted by Gasteiger charge is 2.11. The van der Waals surface area contributed by atoms with Gasteiger partial charge in [0.05, 0.1) is 17.6 Å². The Bertz CT molecular complexity index is 421. The highest BCUT2D eigenvalue weighted by Crippen LogP contribution is 2.26. The number of non-ortho nitro benzene ring substituents is 1. The smallest absolute Gasteiger partial charge is 0.275 e. The molecule has 0 saturated heterocycles. The molecule has 106 valence electrons. The number of rotatable bonds is 8. The lowest BCUT2D eigenvalue weighted by Crippen LogP contribution is -2.08. The third-order valence-corrected chi connectivity index (χ3v) is 2.80. The molecule has 0 aliphatic carbocycles. The number of anilines is 1. The molecule has 0 heterocycles. The molecule has 5 heteroatoms. The molecule has 1 N–H and O–H groups in total. The van der Waals surface area contributed by atoms with Gasteiger partial charge in [-0.25, -0.2) is 0 Å². The molecule has 0 bridgehead atoms. The molecule has 0 spiro atoms. The van der Waals surface area contributed by atoms with Crippen LogP contribution in [0.2, 0.25) is 0 Å². The second-order valence-electron chi connectivity index (χ2n) is 4.71. The van der Waals surface area contributed by atoms with Gasteiger partial charge in [0.15, 0.2) is 0 Å². The molecule has 1 aromatic carbocycles. The molecular formula is C14H22N2O3. The van der Waals surface area contributed by atoms with E-state index in [2.05, 4.69) is 19.2 Å².